The normalized spacial score (nSPS) is 11.6. The van der Waals surface area contributed by atoms with Gasteiger partial charge in [-0.3, -0.25) is 4.57 Å². The summed E-state index contributed by atoms with van der Waals surface area (Å²) in [5.41, 5.74) is -0.394. The van der Waals surface area contributed by atoms with Gasteiger partial charge in [-0.05, 0) is 34.2 Å². The molecule has 8 heteroatoms. The van der Waals surface area contributed by atoms with E-state index in [1.54, 1.807) is 0 Å². The van der Waals surface area contributed by atoms with Crippen LogP contribution >= 0.6 is 0 Å². The zero-order valence-corrected chi connectivity index (χ0v) is 9.68. The van der Waals surface area contributed by atoms with Crippen LogP contribution in [0.3, 0.4) is 0 Å². The predicted octanol–water partition coefficient (Wildman–Crippen LogP) is 3.11. The highest BCUT2D eigenvalue weighted by atomic mass is 19.4. The Balaban J connectivity index is 2.40. The minimum Gasteiger partial charge on any atom is -0.358 e. The van der Waals surface area contributed by atoms with Gasteiger partial charge in [-0.1, -0.05) is 0 Å². The van der Waals surface area contributed by atoms with Gasteiger partial charge in [0.25, 0.3) is 0 Å². The molecule has 0 N–H and O–H groups in total. The molecule has 0 spiro atoms. The van der Waals surface area contributed by atoms with E-state index in [9.17, 15) is 23.3 Å². The minimum atomic E-state index is -4.41. The first kappa shape index (κ1) is 13.1. The molecule has 0 aliphatic rings. The van der Waals surface area contributed by atoms with Gasteiger partial charge in [-0.25, -0.2) is 0 Å². The summed E-state index contributed by atoms with van der Waals surface area (Å²) in [5.74, 6) is -0.0242. The highest BCUT2D eigenvalue weighted by Gasteiger charge is 2.30. The smallest absolute Gasteiger partial charge is 0.358 e. The second kappa shape index (κ2) is 4.38. The van der Waals surface area contributed by atoms with Crippen molar-refractivity contribution in [2.75, 3.05) is 0 Å². The van der Waals surface area contributed by atoms with Crippen molar-refractivity contribution < 1.29 is 18.1 Å². The highest BCUT2D eigenvalue weighted by molar-refractivity contribution is 5.39. The second-order valence-electron chi connectivity index (χ2n) is 3.82. The molecule has 2 rings (SSSR count). The standard InChI is InChI=1S/C11H8F3N3O2/c1-7-15-10(17(18)19)6-16(7)9-4-2-8(3-5-9)11(12,13)14/h2-6H,1H3. The van der Waals surface area contributed by atoms with E-state index < -0.39 is 16.7 Å². The summed E-state index contributed by atoms with van der Waals surface area (Å²) in [6, 6.07) is 4.31. The highest BCUT2D eigenvalue weighted by Crippen LogP contribution is 2.29. The summed E-state index contributed by atoms with van der Waals surface area (Å²) in [4.78, 5) is 13.6. The number of hydrogen-bond donors (Lipinski definition) is 0. The van der Waals surface area contributed by atoms with E-state index >= 15 is 0 Å². The molecule has 0 fully saturated rings. The fourth-order valence-electron chi connectivity index (χ4n) is 1.62. The molecule has 19 heavy (non-hydrogen) atoms. The Kier molecular flexibility index (Phi) is 3.01. The number of hydrogen-bond acceptors (Lipinski definition) is 3. The summed E-state index contributed by atoms with van der Waals surface area (Å²) in [6.45, 7) is 1.53. The van der Waals surface area contributed by atoms with Gasteiger partial charge in [-0.2, -0.15) is 13.2 Å². The lowest BCUT2D eigenvalue weighted by Crippen LogP contribution is -2.05. The number of aryl methyl sites for hydroxylation is 1. The number of nitro groups is 1. The van der Waals surface area contributed by atoms with Crippen LogP contribution in [0.15, 0.2) is 30.5 Å². The van der Waals surface area contributed by atoms with Crippen LogP contribution in [-0.4, -0.2) is 14.5 Å². The third kappa shape index (κ3) is 2.56. The quantitative estimate of drug-likeness (QED) is 0.622. The Bertz CT molecular complexity index is 617. The van der Waals surface area contributed by atoms with Gasteiger partial charge >= 0.3 is 12.0 Å². The fourth-order valence-corrected chi connectivity index (χ4v) is 1.62. The van der Waals surface area contributed by atoms with Gasteiger partial charge < -0.3 is 10.1 Å². The van der Waals surface area contributed by atoms with Crippen LogP contribution in [-0.2, 0) is 6.18 Å². The number of imidazole rings is 1. The monoisotopic (exact) mass is 271 g/mol. The van der Waals surface area contributed by atoms with E-state index in [4.69, 9.17) is 0 Å². The average molecular weight is 271 g/mol. The van der Waals surface area contributed by atoms with Crippen molar-refractivity contribution >= 4 is 5.82 Å². The lowest BCUT2D eigenvalue weighted by molar-refractivity contribution is -0.389. The second-order valence-corrected chi connectivity index (χ2v) is 3.82. The molecule has 0 unspecified atom stereocenters. The van der Waals surface area contributed by atoms with Crippen molar-refractivity contribution in [1.82, 2.24) is 9.55 Å². The number of benzene rings is 1. The molecule has 0 saturated heterocycles. The van der Waals surface area contributed by atoms with Gasteiger partial charge in [0.15, 0.2) is 0 Å². The summed E-state index contributed by atoms with van der Waals surface area (Å²) < 4.78 is 38.6. The molecule has 1 aromatic carbocycles. The predicted molar refractivity (Wildman–Crippen MR) is 60.0 cm³/mol. The van der Waals surface area contributed by atoms with Crippen LogP contribution in [0.25, 0.3) is 5.69 Å². The Morgan fingerprint density at radius 2 is 1.84 bits per heavy atom. The van der Waals surface area contributed by atoms with Gasteiger partial charge in [0.05, 0.1) is 5.56 Å². The first-order valence-electron chi connectivity index (χ1n) is 5.17. The zero-order valence-electron chi connectivity index (χ0n) is 9.68. The molecule has 0 saturated carbocycles. The van der Waals surface area contributed by atoms with Gasteiger partial charge in [0.2, 0.25) is 5.82 Å². The van der Waals surface area contributed by atoms with Crippen LogP contribution in [0, 0.1) is 17.0 Å². The minimum absolute atomic E-state index is 0.325. The lowest BCUT2D eigenvalue weighted by Gasteiger charge is -2.07. The maximum atomic E-state index is 12.4. The SMILES string of the molecule is Cc1nc([N+](=O)[O-])cn1-c1ccc(C(F)(F)F)cc1. The Morgan fingerprint density at radius 3 is 2.26 bits per heavy atom. The first-order chi connectivity index (χ1) is 8.79. The molecule has 0 radical (unpaired) electrons. The van der Waals surface area contributed by atoms with Gasteiger partial charge in [-0.15, -0.1) is 0 Å². The molecule has 0 aliphatic heterocycles. The van der Waals surface area contributed by atoms with Crippen LogP contribution in [0.2, 0.25) is 0 Å². The van der Waals surface area contributed by atoms with E-state index in [2.05, 4.69) is 4.98 Å². The summed E-state index contributed by atoms with van der Waals surface area (Å²) in [5, 5.41) is 10.6. The summed E-state index contributed by atoms with van der Waals surface area (Å²) in [7, 11) is 0. The fraction of sp³-hybridized carbons (Fsp3) is 0.182. The Labute approximate surface area is 105 Å². The molecule has 1 aromatic heterocycles. The molecule has 0 atom stereocenters. The molecule has 0 aliphatic carbocycles. The number of halogens is 3. The number of rotatable bonds is 2. The summed E-state index contributed by atoms with van der Waals surface area (Å²) in [6.07, 6.45) is -3.24. The number of aromatic nitrogens is 2. The van der Waals surface area contributed by atoms with E-state index in [0.717, 1.165) is 18.3 Å². The third-order valence-corrected chi connectivity index (χ3v) is 2.53. The van der Waals surface area contributed by atoms with Crippen molar-refractivity contribution in [3.63, 3.8) is 0 Å². The van der Waals surface area contributed by atoms with Crippen molar-refractivity contribution in [3.8, 4) is 5.69 Å². The van der Waals surface area contributed by atoms with Crippen LogP contribution in [0.4, 0.5) is 19.0 Å². The van der Waals surface area contributed by atoms with Crippen LogP contribution in [0.1, 0.15) is 11.4 Å². The van der Waals surface area contributed by atoms with Crippen molar-refractivity contribution in [3.05, 3.63) is 52.0 Å². The van der Waals surface area contributed by atoms with E-state index in [1.807, 2.05) is 0 Å². The zero-order chi connectivity index (χ0) is 14.2. The van der Waals surface area contributed by atoms with E-state index in [-0.39, 0.29) is 5.82 Å². The molecule has 1 heterocycles. The van der Waals surface area contributed by atoms with Crippen LogP contribution in [0.5, 0.6) is 0 Å². The number of nitrogens with zero attached hydrogens (tertiary/aromatic N) is 3. The van der Waals surface area contributed by atoms with Crippen molar-refractivity contribution in [2.45, 2.75) is 13.1 Å². The van der Waals surface area contributed by atoms with Crippen molar-refractivity contribution in [1.29, 1.82) is 0 Å². The van der Waals surface area contributed by atoms with Crippen LogP contribution < -0.4 is 0 Å². The maximum Gasteiger partial charge on any atom is 0.416 e. The van der Waals surface area contributed by atoms with Crippen molar-refractivity contribution in [2.24, 2.45) is 0 Å². The number of alkyl halides is 3. The van der Waals surface area contributed by atoms with Gasteiger partial charge in [0, 0.05) is 12.6 Å². The summed E-state index contributed by atoms with van der Waals surface area (Å²) >= 11 is 0. The molecule has 2 aromatic rings. The largest absolute Gasteiger partial charge is 0.416 e. The first-order valence-corrected chi connectivity index (χ1v) is 5.17. The third-order valence-electron chi connectivity index (χ3n) is 2.53. The molecule has 100 valence electrons. The molecular formula is C11H8F3N3O2. The topological polar surface area (TPSA) is 61.0 Å². The maximum absolute atomic E-state index is 12.4. The molecule has 5 nitrogen and oxygen atoms in total. The van der Waals surface area contributed by atoms with Gasteiger partial charge in [0.1, 0.15) is 6.20 Å². The average Bonchev–Trinajstić information content (AvgIpc) is 2.70. The molecular weight excluding hydrogens is 263 g/mol. The van der Waals surface area contributed by atoms with E-state index in [0.29, 0.717) is 11.5 Å². The molecule has 0 bridgehead atoms. The Hall–Kier alpha value is -2.38. The molecule has 0 amide bonds. The Morgan fingerprint density at radius 1 is 1.26 bits per heavy atom. The lowest BCUT2D eigenvalue weighted by atomic mass is 10.2. The van der Waals surface area contributed by atoms with E-state index in [1.165, 1.54) is 23.6 Å².